The largest absolute Gasteiger partial charge is 0.509 e. The predicted molar refractivity (Wildman–Crippen MR) is 47.1 cm³/mol. The van der Waals surface area contributed by atoms with Gasteiger partial charge in [0.2, 0.25) is 0 Å². The number of hydrogen-bond acceptors (Lipinski definition) is 1. The Balaban J connectivity index is 3.20. The molecule has 76 valence electrons. The smallest absolute Gasteiger partial charge is 0.478 e. The van der Waals surface area contributed by atoms with Crippen LogP contribution in [-0.4, -0.2) is 18.1 Å². The molecule has 0 aliphatic rings. The summed E-state index contributed by atoms with van der Waals surface area (Å²) in [6.45, 7) is -5.14. The van der Waals surface area contributed by atoms with Gasteiger partial charge in [-0.15, -0.1) is 5.46 Å². The van der Waals surface area contributed by atoms with Crippen molar-refractivity contribution in [1.82, 2.24) is 0 Å². The Bertz CT molecular complexity index is 378. The molecule has 0 spiro atoms. The molecular weight excluding hydrogens is 219 g/mol. The highest BCUT2D eigenvalue weighted by Crippen LogP contribution is 2.17. The van der Waals surface area contributed by atoms with Crippen LogP contribution in [0.15, 0.2) is 18.2 Å². The van der Waals surface area contributed by atoms with Gasteiger partial charge in [0.25, 0.3) is 0 Å². The molecule has 0 radical (unpaired) electrons. The van der Waals surface area contributed by atoms with E-state index in [4.69, 9.17) is 16.7 Å². The summed E-state index contributed by atoms with van der Waals surface area (Å²) < 4.78 is 36.5. The molecule has 14 heavy (non-hydrogen) atoms. The number of carbonyl (C=O) groups is 1. The van der Waals surface area contributed by atoms with Gasteiger partial charge in [0.15, 0.2) is 0 Å². The average molecular weight is 223 g/mol. The topological polar surface area (TPSA) is 37.3 Å². The lowest BCUT2D eigenvalue weighted by molar-refractivity contribution is 0.0697. The molecule has 0 aliphatic carbocycles. The van der Waals surface area contributed by atoms with Gasteiger partial charge in [-0.3, -0.25) is 0 Å². The van der Waals surface area contributed by atoms with Crippen LogP contribution >= 0.6 is 11.6 Å². The zero-order chi connectivity index (χ0) is 10.9. The number of rotatable bonds is 2. The molecule has 0 atom stereocenters. The van der Waals surface area contributed by atoms with Crippen molar-refractivity contribution in [3.05, 3.63) is 28.8 Å². The van der Waals surface area contributed by atoms with E-state index in [1.54, 1.807) is 0 Å². The zero-order valence-electron chi connectivity index (χ0n) is 6.68. The lowest BCUT2D eigenvalue weighted by Crippen LogP contribution is -2.34. The van der Waals surface area contributed by atoms with Crippen molar-refractivity contribution < 1.29 is 22.8 Å². The highest BCUT2D eigenvalue weighted by molar-refractivity contribution is 6.73. The van der Waals surface area contributed by atoms with E-state index in [9.17, 15) is 17.7 Å². The van der Waals surface area contributed by atoms with Gasteiger partial charge in [-0.1, -0.05) is 23.7 Å². The minimum atomic E-state index is -5.14. The standard InChI is InChI=1S/C7H4BClF3O2/c9-6-3-4(8(10,11)12)1-2-5(6)7(13)14/h1-3H,(H,13,14)/q-1. The molecule has 1 aromatic carbocycles. The third-order valence-electron chi connectivity index (χ3n) is 1.60. The number of halogens is 4. The van der Waals surface area contributed by atoms with Crippen LogP contribution in [0, 0.1) is 0 Å². The van der Waals surface area contributed by atoms with Gasteiger partial charge in [-0.25, -0.2) is 4.79 Å². The lowest BCUT2D eigenvalue weighted by atomic mass is 9.80. The minimum Gasteiger partial charge on any atom is -0.478 e. The van der Waals surface area contributed by atoms with Crippen molar-refractivity contribution in [2.75, 3.05) is 0 Å². The van der Waals surface area contributed by atoms with E-state index in [1.165, 1.54) is 0 Å². The normalized spacial score (nSPS) is 11.4. The van der Waals surface area contributed by atoms with Gasteiger partial charge in [0.1, 0.15) is 0 Å². The molecule has 0 aromatic heterocycles. The first-order valence-corrected chi connectivity index (χ1v) is 3.93. The second-order valence-corrected chi connectivity index (χ2v) is 3.03. The monoisotopic (exact) mass is 223 g/mol. The summed E-state index contributed by atoms with van der Waals surface area (Å²) in [5.41, 5.74) is -1.24. The summed E-state index contributed by atoms with van der Waals surface area (Å²) in [6, 6.07) is 2.16. The summed E-state index contributed by atoms with van der Waals surface area (Å²) in [6.07, 6.45) is 0. The van der Waals surface area contributed by atoms with Crippen LogP contribution in [0.4, 0.5) is 12.9 Å². The predicted octanol–water partition coefficient (Wildman–Crippen LogP) is 2.09. The van der Waals surface area contributed by atoms with E-state index < -0.39 is 23.4 Å². The molecule has 2 nitrogen and oxygen atoms in total. The zero-order valence-corrected chi connectivity index (χ0v) is 7.43. The van der Waals surface area contributed by atoms with Crippen molar-refractivity contribution >= 4 is 30.0 Å². The Labute approximate surface area is 82.4 Å². The SMILES string of the molecule is O=C(O)c1ccc([B-](F)(F)F)cc1Cl. The van der Waals surface area contributed by atoms with Crippen molar-refractivity contribution in [2.24, 2.45) is 0 Å². The van der Waals surface area contributed by atoms with Crippen LogP contribution in [0.1, 0.15) is 10.4 Å². The lowest BCUT2D eigenvalue weighted by Gasteiger charge is -2.15. The fourth-order valence-corrected chi connectivity index (χ4v) is 1.18. The number of benzene rings is 1. The Morgan fingerprint density at radius 2 is 1.93 bits per heavy atom. The van der Waals surface area contributed by atoms with Crippen LogP contribution in [0.3, 0.4) is 0 Å². The van der Waals surface area contributed by atoms with E-state index in [2.05, 4.69) is 0 Å². The van der Waals surface area contributed by atoms with E-state index in [0.29, 0.717) is 12.1 Å². The van der Waals surface area contributed by atoms with Gasteiger partial charge >= 0.3 is 12.9 Å². The third-order valence-corrected chi connectivity index (χ3v) is 1.91. The molecule has 0 heterocycles. The van der Waals surface area contributed by atoms with E-state index >= 15 is 0 Å². The summed E-state index contributed by atoms with van der Waals surface area (Å²) in [5.74, 6) is -1.35. The Hall–Kier alpha value is -1.17. The fourth-order valence-electron chi connectivity index (χ4n) is 0.908. The summed E-state index contributed by atoms with van der Waals surface area (Å²) in [7, 11) is 0. The second-order valence-electron chi connectivity index (χ2n) is 2.62. The Morgan fingerprint density at radius 1 is 1.36 bits per heavy atom. The Kier molecular flexibility index (Phi) is 2.75. The quantitative estimate of drug-likeness (QED) is 0.780. The molecule has 1 rings (SSSR count). The van der Waals surface area contributed by atoms with Crippen LogP contribution in [0.5, 0.6) is 0 Å². The van der Waals surface area contributed by atoms with Crippen LogP contribution < -0.4 is 5.46 Å². The maximum Gasteiger partial charge on any atom is 0.509 e. The maximum atomic E-state index is 12.2. The van der Waals surface area contributed by atoms with Crippen molar-refractivity contribution in [3.8, 4) is 0 Å². The van der Waals surface area contributed by atoms with Gasteiger partial charge in [-0.05, 0) is 6.07 Å². The highest BCUT2D eigenvalue weighted by atomic mass is 35.5. The molecule has 0 bridgehead atoms. The maximum absolute atomic E-state index is 12.2. The number of hydrogen-bond donors (Lipinski definition) is 1. The van der Waals surface area contributed by atoms with Crippen molar-refractivity contribution in [3.63, 3.8) is 0 Å². The van der Waals surface area contributed by atoms with E-state index in [1.807, 2.05) is 0 Å². The van der Waals surface area contributed by atoms with Crippen LogP contribution in [-0.2, 0) is 0 Å². The van der Waals surface area contributed by atoms with Gasteiger partial charge in [0, 0.05) is 0 Å². The fraction of sp³-hybridized carbons (Fsp3) is 0. The number of carboxylic acids is 1. The first-order chi connectivity index (χ1) is 6.32. The molecular formula is C7H4BClF3O2-. The summed E-state index contributed by atoms with van der Waals surface area (Å²) in [4.78, 5) is 10.4. The first-order valence-electron chi connectivity index (χ1n) is 3.55. The molecule has 0 amide bonds. The van der Waals surface area contributed by atoms with Gasteiger partial charge in [0.05, 0.1) is 10.6 Å². The van der Waals surface area contributed by atoms with Crippen LogP contribution in [0.25, 0.3) is 0 Å². The summed E-state index contributed by atoms with van der Waals surface area (Å²) >= 11 is 5.36. The summed E-state index contributed by atoms with van der Waals surface area (Å²) in [5, 5.41) is 8.09. The van der Waals surface area contributed by atoms with Gasteiger partial charge < -0.3 is 18.1 Å². The molecule has 1 N–H and O–H groups in total. The number of carboxylic acid groups (broad SMARTS) is 1. The molecule has 0 aliphatic heterocycles. The van der Waals surface area contributed by atoms with E-state index in [-0.39, 0.29) is 5.56 Å². The molecule has 7 heteroatoms. The van der Waals surface area contributed by atoms with Crippen molar-refractivity contribution in [1.29, 1.82) is 0 Å². The molecule has 1 aromatic rings. The number of aromatic carboxylic acids is 1. The molecule has 0 saturated heterocycles. The molecule has 0 unspecified atom stereocenters. The van der Waals surface area contributed by atoms with Crippen LogP contribution in [0.2, 0.25) is 5.02 Å². The average Bonchev–Trinajstić information content (AvgIpc) is 2.01. The molecule has 0 fully saturated rings. The minimum absolute atomic E-state index is 0.338. The molecule has 0 saturated carbocycles. The first kappa shape index (κ1) is 10.9. The second kappa shape index (κ2) is 3.53. The van der Waals surface area contributed by atoms with Crippen molar-refractivity contribution in [2.45, 2.75) is 0 Å². The van der Waals surface area contributed by atoms with Gasteiger partial charge in [-0.2, -0.15) is 0 Å². The Morgan fingerprint density at radius 3 is 2.29 bits per heavy atom. The third kappa shape index (κ3) is 2.20. The highest BCUT2D eigenvalue weighted by Gasteiger charge is 2.26. The van der Waals surface area contributed by atoms with E-state index in [0.717, 1.165) is 6.07 Å².